The van der Waals surface area contributed by atoms with Gasteiger partial charge in [0.2, 0.25) is 0 Å². The molecule has 2 aromatic carbocycles. The largest absolute Gasteiger partial charge is 0.507 e. The van der Waals surface area contributed by atoms with Crippen LogP contribution in [0.25, 0.3) is 21.6 Å². The fourth-order valence-corrected chi connectivity index (χ4v) is 4.36. The van der Waals surface area contributed by atoms with E-state index in [1.54, 1.807) is 34.9 Å². The first-order valence-corrected chi connectivity index (χ1v) is 9.80. The van der Waals surface area contributed by atoms with Crippen LogP contribution in [0.15, 0.2) is 53.3 Å². The van der Waals surface area contributed by atoms with Crippen LogP contribution in [0.5, 0.6) is 5.75 Å². The first-order chi connectivity index (χ1) is 13.5. The number of halogens is 1. The lowest BCUT2D eigenvalue weighted by Crippen LogP contribution is -2.24. The Kier molecular flexibility index (Phi) is 4.73. The molecule has 4 aromatic rings. The summed E-state index contributed by atoms with van der Waals surface area (Å²) in [5.41, 5.74) is 2.10. The zero-order valence-corrected chi connectivity index (χ0v) is 16.4. The van der Waals surface area contributed by atoms with Gasteiger partial charge in [-0.25, -0.2) is 9.37 Å². The summed E-state index contributed by atoms with van der Waals surface area (Å²) in [7, 11) is 0. The molecule has 0 amide bonds. The molecule has 142 valence electrons. The number of aromatic nitrogens is 2. The van der Waals surface area contributed by atoms with Gasteiger partial charge in [-0.1, -0.05) is 24.3 Å². The van der Waals surface area contributed by atoms with Gasteiger partial charge in [-0.15, -0.1) is 11.3 Å². The summed E-state index contributed by atoms with van der Waals surface area (Å²) < 4.78 is 15.1. The van der Waals surface area contributed by atoms with E-state index in [4.69, 9.17) is 4.98 Å². The number of nitrogens with zero attached hydrogens (tertiary/aromatic N) is 2. The summed E-state index contributed by atoms with van der Waals surface area (Å²) in [5.74, 6) is 0.190. The van der Waals surface area contributed by atoms with E-state index in [-0.39, 0.29) is 17.1 Å². The number of phenols is 1. The van der Waals surface area contributed by atoms with Gasteiger partial charge in [0.1, 0.15) is 22.2 Å². The lowest BCUT2D eigenvalue weighted by Gasteiger charge is -2.14. The highest BCUT2D eigenvalue weighted by Gasteiger charge is 2.19. The molecule has 2 aromatic heterocycles. The summed E-state index contributed by atoms with van der Waals surface area (Å²) in [6.45, 7) is 4.23. The van der Waals surface area contributed by atoms with Gasteiger partial charge < -0.3 is 5.11 Å². The zero-order chi connectivity index (χ0) is 19.8. The second-order valence-electron chi connectivity index (χ2n) is 6.75. The molecule has 0 unspecified atom stereocenters. The normalized spacial score (nSPS) is 11.2. The van der Waals surface area contributed by atoms with Crippen molar-refractivity contribution in [2.75, 3.05) is 0 Å². The van der Waals surface area contributed by atoms with Crippen molar-refractivity contribution < 1.29 is 9.50 Å². The number of phenolic OH excluding ortho intramolecular Hbond substituents is 1. The number of aromatic hydroxyl groups is 1. The second-order valence-corrected chi connectivity index (χ2v) is 7.96. The molecule has 0 fully saturated rings. The number of thiophene rings is 1. The molecule has 0 radical (unpaired) electrons. The third-order valence-corrected chi connectivity index (χ3v) is 6.05. The lowest BCUT2D eigenvalue weighted by atomic mass is 10.1. The first-order valence-electron chi connectivity index (χ1n) is 8.99. The van der Waals surface area contributed by atoms with Gasteiger partial charge >= 0.3 is 0 Å². The zero-order valence-electron chi connectivity index (χ0n) is 15.6. The fourth-order valence-electron chi connectivity index (χ4n) is 3.34. The molecular formula is C22H19FN2O2S. The SMILES string of the molecule is Cc1sc2nc(-c3ccccc3O)n(CCc3cccc(F)c3)c(=O)c2c1C. The predicted octanol–water partition coefficient (Wildman–Crippen LogP) is 4.83. The fraction of sp³-hybridized carbons (Fsp3) is 0.182. The van der Waals surface area contributed by atoms with Crippen LogP contribution in [0.4, 0.5) is 4.39 Å². The number of hydrogen-bond donors (Lipinski definition) is 1. The smallest absolute Gasteiger partial charge is 0.262 e. The van der Waals surface area contributed by atoms with Gasteiger partial charge in [-0.05, 0) is 55.7 Å². The highest BCUT2D eigenvalue weighted by Crippen LogP contribution is 2.31. The van der Waals surface area contributed by atoms with Crippen LogP contribution >= 0.6 is 11.3 Å². The number of para-hydroxylation sites is 1. The van der Waals surface area contributed by atoms with Crippen LogP contribution in [0.1, 0.15) is 16.0 Å². The summed E-state index contributed by atoms with van der Waals surface area (Å²) in [5, 5.41) is 10.9. The molecule has 0 saturated heterocycles. The number of rotatable bonds is 4. The van der Waals surface area contributed by atoms with Crippen molar-refractivity contribution in [3.63, 3.8) is 0 Å². The van der Waals surface area contributed by atoms with Gasteiger partial charge in [0, 0.05) is 11.4 Å². The summed E-state index contributed by atoms with van der Waals surface area (Å²) >= 11 is 1.48. The van der Waals surface area contributed by atoms with Crippen LogP contribution in [0.2, 0.25) is 0 Å². The van der Waals surface area contributed by atoms with Gasteiger partial charge in [0.05, 0.1) is 10.9 Å². The van der Waals surface area contributed by atoms with E-state index in [0.29, 0.717) is 34.6 Å². The second kappa shape index (κ2) is 7.20. The average Bonchev–Trinajstić information content (AvgIpc) is 2.95. The Bertz CT molecular complexity index is 1240. The van der Waals surface area contributed by atoms with Crippen molar-refractivity contribution in [3.05, 3.63) is 80.7 Å². The number of hydrogen-bond acceptors (Lipinski definition) is 4. The molecule has 28 heavy (non-hydrogen) atoms. The van der Waals surface area contributed by atoms with E-state index < -0.39 is 0 Å². The standard InChI is InChI=1S/C22H19FN2O2S/c1-13-14(2)28-21-19(13)22(27)25(11-10-15-6-5-7-16(23)12-15)20(24-21)17-8-3-4-9-18(17)26/h3-9,12,26H,10-11H2,1-2H3. The Hall–Kier alpha value is -2.99. The molecule has 0 spiro atoms. The monoisotopic (exact) mass is 394 g/mol. The van der Waals surface area contributed by atoms with E-state index in [9.17, 15) is 14.3 Å². The molecule has 6 heteroatoms. The van der Waals surface area contributed by atoms with Crippen molar-refractivity contribution in [2.24, 2.45) is 0 Å². The van der Waals surface area contributed by atoms with E-state index >= 15 is 0 Å². The molecule has 2 heterocycles. The molecule has 0 aliphatic rings. The molecule has 1 N–H and O–H groups in total. The summed E-state index contributed by atoms with van der Waals surface area (Å²) in [6.07, 6.45) is 0.480. The maximum Gasteiger partial charge on any atom is 0.262 e. The first kappa shape index (κ1) is 18.4. The molecular weight excluding hydrogens is 375 g/mol. The highest BCUT2D eigenvalue weighted by molar-refractivity contribution is 7.18. The maximum absolute atomic E-state index is 13.5. The average molecular weight is 394 g/mol. The Balaban J connectivity index is 1.90. The van der Waals surface area contributed by atoms with Crippen molar-refractivity contribution in [1.29, 1.82) is 0 Å². The molecule has 0 aliphatic carbocycles. The van der Waals surface area contributed by atoms with Crippen LogP contribution in [-0.2, 0) is 13.0 Å². The summed E-state index contributed by atoms with van der Waals surface area (Å²) in [6, 6.07) is 13.2. The van der Waals surface area contributed by atoms with E-state index in [0.717, 1.165) is 16.0 Å². The minimum Gasteiger partial charge on any atom is -0.507 e. The van der Waals surface area contributed by atoms with Gasteiger partial charge in [-0.3, -0.25) is 9.36 Å². The number of benzene rings is 2. The van der Waals surface area contributed by atoms with Crippen LogP contribution in [0, 0.1) is 19.7 Å². The quantitative estimate of drug-likeness (QED) is 0.539. The van der Waals surface area contributed by atoms with E-state index in [2.05, 4.69) is 0 Å². The van der Waals surface area contributed by atoms with Crippen LogP contribution in [0.3, 0.4) is 0 Å². The maximum atomic E-state index is 13.5. The Morgan fingerprint density at radius 2 is 1.93 bits per heavy atom. The van der Waals surface area contributed by atoms with Crippen molar-refractivity contribution in [1.82, 2.24) is 9.55 Å². The van der Waals surface area contributed by atoms with Crippen molar-refractivity contribution in [3.8, 4) is 17.1 Å². The van der Waals surface area contributed by atoms with E-state index in [1.807, 2.05) is 19.9 Å². The van der Waals surface area contributed by atoms with Gasteiger partial charge in [-0.2, -0.15) is 0 Å². The Morgan fingerprint density at radius 1 is 1.14 bits per heavy atom. The Morgan fingerprint density at radius 3 is 2.68 bits per heavy atom. The van der Waals surface area contributed by atoms with E-state index in [1.165, 1.54) is 23.5 Å². The van der Waals surface area contributed by atoms with Crippen molar-refractivity contribution in [2.45, 2.75) is 26.8 Å². The van der Waals surface area contributed by atoms with Crippen LogP contribution < -0.4 is 5.56 Å². The summed E-state index contributed by atoms with van der Waals surface area (Å²) in [4.78, 5) is 19.8. The topological polar surface area (TPSA) is 55.1 Å². The minimum absolute atomic E-state index is 0.0678. The molecule has 0 aliphatic heterocycles. The molecule has 0 bridgehead atoms. The Labute approximate surface area is 165 Å². The van der Waals surface area contributed by atoms with Gasteiger partial charge in [0.25, 0.3) is 5.56 Å². The number of fused-ring (bicyclic) bond motifs is 1. The molecule has 0 saturated carbocycles. The third-order valence-electron chi connectivity index (χ3n) is 4.95. The predicted molar refractivity (Wildman–Crippen MR) is 111 cm³/mol. The number of aryl methyl sites for hydroxylation is 3. The van der Waals surface area contributed by atoms with Gasteiger partial charge in [0.15, 0.2) is 0 Å². The molecule has 4 rings (SSSR count). The lowest BCUT2D eigenvalue weighted by molar-refractivity contribution is 0.476. The van der Waals surface area contributed by atoms with Crippen molar-refractivity contribution >= 4 is 21.6 Å². The minimum atomic E-state index is -0.302. The molecule has 4 nitrogen and oxygen atoms in total. The molecule has 0 atom stereocenters. The highest BCUT2D eigenvalue weighted by atomic mass is 32.1. The third kappa shape index (κ3) is 3.20. The van der Waals surface area contributed by atoms with Crippen LogP contribution in [-0.4, -0.2) is 14.7 Å².